The second-order valence-electron chi connectivity index (χ2n) is 6.72. The molecule has 0 radical (unpaired) electrons. The smallest absolute Gasteiger partial charge is 0.333 e. The number of fused-ring (bicyclic) bond motifs is 1. The molecule has 0 saturated heterocycles. The molecule has 1 unspecified atom stereocenters. The molecular formula is C20H17Cl2N5O3. The fourth-order valence-electron chi connectivity index (χ4n) is 3.39. The van der Waals surface area contributed by atoms with Crippen LogP contribution in [0.3, 0.4) is 0 Å². The summed E-state index contributed by atoms with van der Waals surface area (Å²) < 4.78 is 1.37. The van der Waals surface area contributed by atoms with E-state index in [0.717, 1.165) is 11.1 Å². The van der Waals surface area contributed by atoms with Gasteiger partial charge in [0.1, 0.15) is 0 Å². The molecule has 0 bridgehead atoms. The number of nitrogens with one attached hydrogen (secondary N) is 3. The zero-order chi connectivity index (χ0) is 21.3. The summed E-state index contributed by atoms with van der Waals surface area (Å²) in [4.78, 5) is 24.5. The molecule has 0 saturated carbocycles. The number of para-hydroxylation sites is 1. The predicted octanol–water partition coefficient (Wildman–Crippen LogP) is 3.52. The highest BCUT2D eigenvalue weighted by Crippen LogP contribution is 2.38. The highest BCUT2D eigenvalue weighted by molar-refractivity contribution is 6.42. The van der Waals surface area contributed by atoms with E-state index in [0.29, 0.717) is 28.6 Å². The Morgan fingerprint density at radius 1 is 1.10 bits per heavy atom. The summed E-state index contributed by atoms with van der Waals surface area (Å²) >= 11 is 12.3. The van der Waals surface area contributed by atoms with Crippen LogP contribution in [0.15, 0.2) is 48.7 Å². The Morgan fingerprint density at radius 3 is 2.63 bits per heavy atom. The maximum Gasteiger partial charge on any atom is 0.333 e. The minimum Gasteiger partial charge on any atom is -0.504 e. The van der Waals surface area contributed by atoms with Crippen molar-refractivity contribution in [1.29, 1.82) is 0 Å². The molecule has 10 heteroatoms. The van der Waals surface area contributed by atoms with Crippen LogP contribution in [0, 0.1) is 0 Å². The number of urea groups is 1. The molecule has 3 aromatic rings. The standard InChI is InChI=1S/C20H17Cl2N5O3/c21-14-8-6-12-13(17(14)22)7-9-15(12)23-20(30)25-24-19(29)18-16(28)10-27(26-18)11-4-2-1-3-5-11/h1-6,8,10,15,28H,7,9H2,(H,24,29)(H2,23,25,30). The van der Waals surface area contributed by atoms with Gasteiger partial charge in [-0.25, -0.2) is 14.9 Å². The molecule has 0 aliphatic heterocycles. The lowest BCUT2D eigenvalue weighted by atomic mass is 10.1. The first-order valence-electron chi connectivity index (χ1n) is 9.11. The van der Waals surface area contributed by atoms with Crippen LogP contribution in [0.25, 0.3) is 5.69 Å². The Hall–Kier alpha value is -3.23. The van der Waals surface area contributed by atoms with Crippen molar-refractivity contribution in [2.75, 3.05) is 0 Å². The summed E-state index contributed by atoms with van der Waals surface area (Å²) in [7, 11) is 0. The number of hydrazine groups is 1. The van der Waals surface area contributed by atoms with Crippen LogP contribution in [0.4, 0.5) is 4.79 Å². The summed E-state index contributed by atoms with van der Waals surface area (Å²) in [6.45, 7) is 0. The van der Waals surface area contributed by atoms with Crippen LogP contribution in [0.2, 0.25) is 10.0 Å². The van der Waals surface area contributed by atoms with Crippen LogP contribution in [-0.4, -0.2) is 26.8 Å². The predicted molar refractivity (Wildman–Crippen MR) is 112 cm³/mol. The quantitative estimate of drug-likeness (QED) is 0.462. The maximum atomic E-state index is 12.3. The fraction of sp³-hybridized carbons (Fsp3) is 0.150. The number of carbonyl (C=O) groups is 2. The highest BCUT2D eigenvalue weighted by atomic mass is 35.5. The average molecular weight is 446 g/mol. The number of hydrogen-bond acceptors (Lipinski definition) is 4. The Morgan fingerprint density at radius 2 is 1.87 bits per heavy atom. The normalized spacial score (nSPS) is 14.8. The molecule has 154 valence electrons. The van der Waals surface area contributed by atoms with Crippen LogP contribution in [0.5, 0.6) is 5.75 Å². The molecule has 1 heterocycles. The Balaban J connectivity index is 1.37. The van der Waals surface area contributed by atoms with Gasteiger partial charge >= 0.3 is 6.03 Å². The van der Waals surface area contributed by atoms with Gasteiger partial charge in [-0.2, -0.15) is 5.10 Å². The third-order valence-corrected chi connectivity index (χ3v) is 5.66. The molecule has 0 spiro atoms. The molecule has 3 amide bonds. The lowest BCUT2D eigenvalue weighted by molar-refractivity contribution is 0.0927. The zero-order valence-corrected chi connectivity index (χ0v) is 17.0. The second kappa shape index (κ2) is 8.25. The number of hydrogen-bond donors (Lipinski definition) is 4. The van der Waals surface area contributed by atoms with Gasteiger partial charge in [-0.15, -0.1) is 0 Å². The summed E-state index contributed by atoms with van der Waals surface area (Å²) in [6, 6.07) is 11.7. The zero-order valence-electron chi connectivity index (χ0n) is 15.5. The second-order valence-corrected chi connectivity index (χ2v) is 7.50. The van der Waals surface area contributed by atoms with E-state index >= 15 is 0 Å². The summed E-state index contributed by atoms with van der Waals surface area (Å²) in [6.07, 6.45) is 2.67. The van der Waals surface area contributed by atoms with Crippen molar-refractivity contribution in [2.45, 2.75) is 18.9 Å². The van der Waals surface area contributed by atoms with Crippen LogP contribution >= 0.6 is 23.2 Å². The topological polar surface area (TPSA) is 108 Å². The maximum absolute atomic E-state index is 12.3. The van der Waals surface area contributed by atoms with Gasteiger partial charge in [-0.05, 0) is 42.2 Å². The SMILES string of the molecule is O=C(NNC(=O)c1nn(-c2ccccc2)cc1O)NC1CCc2c1ccc(Cl)c2Cl. The third kappa shape index (κ3) is 3.92. The van der Waals surface area contributed by atoms with E-state index in [4.69, 9.17) is 23.2 Å². The van der Waals surface area contributed by atoms with Crippen molar-refractivity contribution in [3.8, 4) is 11.4 Å². The van der Waals surface area contributed by atoms with Crippen molar-refractivity contribution in [1.82, 2.24) is 25.9 Å². The Labute approximate surface area is 181 Å². The van der Waals surface area contributed by atoms with Crippen LogP contribution in [0.1, 0.15) is 34.1 Å². The van der Waals surface area contributed by atoms with E-state index in [1.54, 1.807) is 18.2 Å². The van der Waals surface area contributed by atoms with Crippen molar-refractivity contribution in [3.63, 3.8) is 0 Å². The minimum absolute atomic E-state index is 0.216. The van der Waals surface area contributed by atoms with Gasteiger partial charge in [-0.3, -0.25) is 10.2 Å². The average Bonchev–Trinajstić information content (AvgIpc) is 3.33. The van der Waals surface area contributed by atoms with Crippen LogP contribution in [-0.2, 0) is 6.42 Å². The summed E-state index contributed by atoms with van der Waals surface area (Å²) in [5.74, 6) is -1.06. The first-order valence-corrected chi connectivity index (χ1v) is 9.87. The number of rotatable bonds is 3. The summed E-state index contributed by atoms with van der Waals surface area (Å²) in [5.41, 5.74) is 6.78. The Kier molecular flexibility index (Phi) is 5.52. The van der Waals surface area contributed by atoms with Gasteiger partial charge < -0.3 is 10.4 Å². The van der Waals surface area contributed by atoms with E-state index in [1.807, 2.05) is 24.3 Å². The van der Waals surface area contributed by atoms with E-state index < -0.39 is 11.9 Å². The van der Waals surface area contributed by atoms with Crippen molar-refractivity contribution in [3.05, 3.63) is 75.5 Å². The van der Waals surface area contributed by atoms with E-state index in [-0.39, 0.29) is 17.5 Å². The number of carbonyl (C=O) groups excluding carboxylic acids is 2. The number of nitrogens with zero attached hydrogens (tertiary/aromatic N) is 2. The van der Waals surface area contributed by atoms with Gasteiger partial charge in [0.25, 0.3) is 5.91 Å². The first-order chi connectivity index (χ1) is 14.4. The van der Waals surface area contributed by atoms with Gasteiger partial charge in [0.15, 0.2) is 11.4 Å². The molecule has 8 nitrogen and oxygen atoms in total. The highest BCUT2D eigenvalue weighted by Gasteiger charge is 2.27. The monoisotopic (exact) mass is 445 g/mol. The molecule has 2 aromatic carbocycles. The number of aromatic hydroxyl groups is 1. The fourth-order valence-corrected chi connectivity index (χ4v) is 3.83. The van der Waals surface area contributed by atoms with Gasteiger partial charge in [0.05, 0.1) is 28.0 Å². The number of halogens is 2. The number of aromatic nitrogens is 2. The minimum atomic E-state index is -0.751. The van der Waals surface area contributed by atoms with Gasteiger partial charge in [0, 0.05) is 0 Å². The summed E-state index contributed by atoms with van der Waals surface area (Å²) in [5, 5.41) is 17.8. The third-order valence-electron chi connectivity index (χ3n) is 4.82. The van der Waals surface area contributed by atoms with Crippen LogP contribution < -0.4 is 16.2 Å². The van der Waals surface area contributed by atoms with Crippen molar-refractivity contribution in [2.24, 2.45) is 0 Å². The number of benzene rings is 2. The Bertz CT molecular complexity index is 1120. The lowest BCUT2D eigenvalue weighted by Gasteiger charge is -2.15. The first kappa shape index (κ1) is 20.1. The van der Waals surface area contributed by atoms with Gasteiger partial charge in [-0.1, -0.05) is 47.5 Å². The molecule has 1 aliphatic rings. The van der Waals surface area contributed by atoms with E-state index in [1.165, 1.54) is 10.9 Å². The van der Waals surface area contributed by atoms with Gasteiger partial charge in [0.2, 0.25) is 0 Å². The van der Waals surface area contributed by atoms with Crippen molar-refractivity contribution < 1.29 is 14.7 Å². The lowest BCUT2D eigenvalue weighted by Crippen LogP contribution is -2.47. The van der Waals surface area contributed by atoms with E-state index in [9.17, 15) is 14.7 Å². The molecule has 1 aliphatic carbocycles. The molecule has 0 fully saturated rings. The number of amides is 3. The largest absolute Gasteiger partial charge is 0.504 e. The van der Waals surface area contributed by atoms with Crippen molar-refractivity contribution >= 4 is 35.1 Å². The molecular weight excluding hydrogens is 429 g/mol. The van der Waals surface area contributed by atoms with E-state index in [2.05, 4.69) is 21.3 Å². The molecule has 1 aromatic heterocycles. The molecule has 4 rings (SSSR count). The molecule has 4 N–H and O–H groups in total. The molecule has 1 atom stereocenters. The molecule has 30 heavy (non-hydrogen) atoms.